The first-order valence-electron chi connectivity index (χ1n) is 6.01. The van der Waals surface area contributed by atoms with Gasteiger partial charge in [-0.05, 0) is 25.0 Å². The normalized spacial score (nSPS) is 12.1. The second-order valence-corrected chi connectivity index (χ2v) is 4.61. The minimum atomic E-state index is -0.117. The molecule has 0 radical (unpaired) electrons. The zero-order chi connectivity index (χ0) is 13.7. The summed E-state index contributed by atoms with van der Waals surface area (Å²) >= 11 is 0. The first kappa shape index (κ1) is 14.4. The van der Waals surface area contributed by atoms with Crippen LogP contribution in [0.1, 0.15) is 31.1 Å². The van der Waals surface area contributed by atoms with E-state index in [1.807, 2.05) is 6.92 Å². The van der Waals surface area contributed by atoms with E-state index >= 15 is 0 Å². The van der Waals surface area contributed by atoms with Crippen molar-refractivity contribution in [3.63, 3.8) is 0 Å². The summed E-state index contributed by atoms with van der Waals surface area (Å²) in [5, 5.41) is 2.95. The van der Waals surface area contributed by atoms with Gasteiger partial charge in [0.25, 0.3) is 5.91 Å². The van der Waals surface area contributed by atoms with E-state index in [1.165, 1.54) is 0 Å². The van der Waals surface area contributed by atoms with Crippen molar-refractivity contribution in [1.82, 2.24) is 5.32 Å². The molecule has 4 heteroatoms. The van der Waals surface area contributed by atoms with Gasteiger partial charge in [-0.25, -0.2) is 0 Å². The average molecular weight is 251 g/mol. The Balaban J connectivity index is 2.91. The fraction of sp³-hybridized carbons (Fsp3) is 0.500. The van der Waals surface area contributed by atoms with Gasteiger partial charge in [0, 0.05) is 17.7 Å². The van der Waals surface area contributed by atoms with E-state index in [4.69, 9.17) is 9.47 Å². The molecule has 1 N–H and O–H groups in total. The Hall–Kier alpha value is -1.71. The number of methoxy groups -OCH3 is 2. The lowest BCUT2D eigenvalue weighted by atomic mass is 10.1. The predicted octanol–water partition coefficient (Wildman–Crippen LogP) is 2.48. The van der Waals surface area contributed by atoms with E-state index in [0.717, 1.165) is 0 Å². The molecule has 0 fully saturated rings. The van der Waals surface area contributed by atoms with E-state index in [1.54, 1.807) is 32.4 Å². The lowest BCUT2D eigenvalue weighted by Gasteiger charge is -2.18. The Morgan fingerprint density at radius 3 is 1.94 bits per heavy atom. The van der Waals surface area contributed by atoms with Crippen LogP contribution in [0.4, 0.5) is 0 Å². The topological polar surface area (TPSA) is 47.6 Å². The second-order valence-electron chi connectivity index (χ2n) is 4.61. The van der Waals surface area contributed by atoms with Crippen LogP contribution in [0.25, 0.3) is 0 Å². The molecule has 1 aromatic carbocycles. The van der Waals surface area contributed by atoms with Crippen LogP contribution in [0, 0.1) is 5.92 Å². The van der Waals surface area contributed by atoms with Gasteiger partial charge in [-0.15, -0.1) is 0 Å². The summed E-state index contributed by atoms with van der Waals surface area (Å²) < 4.78 is 10.3. The zero-order valence-electron chi connectivity index (χ0n) is 11.6. The molecule has 1 atom stereocenters. The zero-order valence-corrected chi connectivity index (χ0v) is 11.6. The molecule has 0 saturated heterocycles. The Labute approximate surface area is 108 Å². The predicted molar refractivity (Wildman–Crippen MR) is 71.3 cm³/mol. The van der Waals surface area contributed by atoms with E-state index < -0.39 is 0 Å². The fourth-order valence-electron chi connectivity index (χ4n) is 1.40. The van der Waals surface area contributed by atoms with Crippen molar-refractivity contribution in [2.24, 2.45) is 5.92 Å². The molecule has 0 aliphatic heterocycles. The second kappa shape index (κ2) is 6.28. The summed E-state index contributed by atoms with van der Waals surface area (Å²) in [6.07, 6.45) is 0. The van der Waals surface area contributed by atoms with Crippen LogP contribution in [0.5, 0.6) is 11.5 Å². The standard InChI is InChI=1S/C14H21NO3/c1-9(2)10(3)15-14(16)11-6-12(17-4)8-13(7-11)18-5/h6-10H,1-5H3,(H,15,16)/t10-/m0/s1. The highest BCUT2D eigenvalue weighted by Crippen LogP contribution is 2.22. The van der Waals surface area contributed by atoms with Crippen molar-refractivity contribution < 1.29 is 14.3 Å². The van der Waals surface area contributed by atoms with Crippen molar-refractivity contribution in [3.8, 4) is 11.5 Å². The van der Waals surface area contributed by atoms with Gasteiger partial charge in [-0.3, -0.25) is 4.79 Å². The number of carbonyl (C=O) groups is 1. The molecular weight excluding hydrogens is 230 g/mol. The van der Waals surface area contributed by atoms with Gasteiger partial charge in [0.05, 0.1) is 14.2 Å². The third kappa shape index (κ3) is 3.65. The van der Waals surface area contributed by atoms with Crippen molar-refractivity contribution in [2.75, 3.05) is 14.2 Å². The summed E-state index contributed by atoms with van der Waals surface area (Å²) in [5.74, 6) is 1.49. The number of hydrogen-bond acceptors (Lipinski definition) is 3. The molecule has 0 bridgehead atoms. The van der Waals surface area contributed by atoms with E-state index in [0.29, 0.717) is 23.0 Å². The van der Waals surface area contributed by atoms with Gasteiger partial charge in [0.2, 0.25) is 0 Å². The maximum Gasteiger partial charge on any atom is 0.251 e. The number of carbonyl (C=O) groups excluding carboxylic acids is 1. The molecular formula is C14H21NO3. The van der Waals surface area contributed by atoms with Crippen LogP contribution in [0.3, 0.4) is 0 Å². The maximum absolute atomic E-state index is 12.1. The highest BCUT2D eigenvalue weighted by atomic mass is 16.5. The lowest BCUT2D eigenvalue weighted by Crippen LogP contribution is -2.36. The molecule has 0 heterocycles. The third-order valence-electron chi connectivity index (χ3n) is 2.97. The highest BCUT2D eigenvalue weighted by molar-refractivity contribution is 5.95. The summed E-state index contributed by atoms with van der Waals surface area (Å²) in [6.45, 7) is 6.12. The summed E-state index contributed by atoms with van der Waals surface area (Å²) in [5.41, 5.74) is 0.540. The van der Waals surface area contributed by atoms with Crippen LogP contribution >= 0.6 is 0 Å². The molecule has 0 aliphatic rings. The Bertz CT molecular complexity index is 393. The monoisotopic (exact) mass is 251 g/mol. The number of amides is 1. The fourth-order valence-corrected chi connectivity index (χ4v) is 1.40. The molecule has 1 aromatic rings. The lowest BCUT2D eigenvalue weighted by molar-refractivity contribution is 0.0930. The molecule has 0 aliphatic carbocycles. The Morgan fingerprint density at radius 1 is 1.06 bits per heavy atom. The minimum Gasteiger partial charge on any atom is -0.497 e. The molecule has 100 valence electrons. The quantitative estimate of drug-likeness (QED) is 0.874. The van der Waals surface area contributed by atoms with Gasteiger partial charge in [-0.1, -0.05) is 13.8 Å². The molecule has 1 amide bonds. The van der Waals surface area contributed by atoms with E-state index in [-0.39, 0.29) is 11.9 Å². The summed E-state index contributed by atoms with van der Waals surface area (Å²) in [6, 6.07) is 5.26. The van der Waals surface area contributed by atoms with Crippen LogP contribution in [-0.4, -0.2) is 26.2 Å². The SMILES string of the molecule is COc1cc(OC)cc(C(=O)N[C@@H](C)C(C)C)c1. The molecule has 18 heavy (non-hydrogen) atoms. The third-order valence-corrected chi connectivity index (χ3v) is 2.97. The van der Waals surface area contributed by atoms with Crippen molar-refractivity contribution in [1.29, 1.82) is 0 Å². The van der Waals surface area contributed by atoms with Crippen molar-refractivity contribution >= 4 is 5.91 Å². The van der Waals surface area contributed by atoms with E-state index in [9.17, 15) is 4.79 Å². The number of benzene rings is 1. The van der Waals surface area contributed by atoms with Crippen LogP contribution in [-0.2, 0) is 0 Å². The highest BCUT2D eigenvalue weighted by Gasteiger charge is 2.14. The first-order valence-corrected chi connectivity index (χ1v) is 6.01. The van der Waals surface area contributed by atoms with Gasteiger partial charge >= 0.3 is 0 Å². The molecule has 0 spiro atoms. The number of ether oxygens (including phenoxy) is 2. The van der Waals surface area contributed by atoms with Gasteiger partial charge in [-0.2, -0.15) is 0 Å². The maximum atomic E-state index is 12.1. The molecule has 0 unspecified atom stereocenters. The van der Waals surface area contributed by atoms with Crippen LogP contribution in [0.15, 0.2) is 18.2 Å². The molecule has 1 rings (SSSR count). The summed E-state index contributed by atoms with van der Waals surface area (Å²) in [7, 11) is 3.13. The number of nitrogens with one attached hydrogen (secondary N) is 1. The number of hydrogen-bond donors (Lipinski definition) is 1. The van der Waals surface area contributed by atoms with Gasteiger partial charge in [0.1, 0.15) is 11.5 Å². The largest absolute Gasteiger partial charge is 0.497 e. The summed E-state index contributed by atoms with van der Waals surface area (Å²) in [4.78, 5) is 12.1. The molecule has 0 saturated carbocycles. The molecule has 0 aromatic heterocycles. The Morgan fingerprint density at radius 2 is 1.56 bits per heavy atom. The van der Waals surface area contributed by atoms with Crippen LogP contribution in [0.2, 0.25) is 0 Å². The van der Waals surface area contributed by atoms with Gasteiger partial charge < -0.3 is 14.8 Å². The Kier molecular flexibility index (Phi) is 5.01. The van der Waals surface area contributed by atoms with Crippen molar-refractivity contribution in [2.45, 2.75) is 26.8 Å². The minimum absolute atomic E-state index is 0.117. The van der Waals surface area contributed by atoms with E-state index in [2.05, 4.69) is 19.2 Å². The van der Waals surface area contributed by atoms with Gasteiger partial charge in [0.15, 0.2) is 0 Å². The first-order chi connectivity index (χ1) is 8.47. The van der Waals surface area contributed by atoms with Crippen molar-refractivity contribution in [3.05, 3.63) is 23.8 Å². The smallest absolute Gasteiger partial charge is 0.251 e. The van der Waals surface area contributed by atoms with Crippen LogP contribution < -0.4 is 14.8 Å². The average Bonchev–Trinajstić information content (AvgIpc) is 2.37. The number of rotatable bonds is 5. The molecule has 4 nitrogen and oxygen atoms in total.